The topological polar surface area (TPSA) is 21.3 Å². The molecule has 0 saturated carbocycles. The van der Waals surface area contributed by atoms with Gasteiger partial charge >= 0.3 is 0 Å². The molecule has 0 heterocycles. The van der Waals surface area contributed by atoms with E-state index in [1.54, 1.807) is 6.07 Å². The van der Waals surface area contributed by atoms with Gasteiger partial charge in [0.15, 0.2) is 0 Å². The number of ether oxygens (including phenoxy) is 1. The van der Waals surface area contributed by atoms with Crippen molar-refractivity contribution in [3.05, 3.63) is 25.7 Å². The van der Waals surface area contributed by atoms with Crippen LogP contribution >= 0.6 is 45.8 Å². The van der Waals surface area contributed by atoms with Crippen molar-refractivity contribution in [3.63, 3.8) is 0 Å². The van der Waals surface area contributed by atoms with Gasteiger partial charge < -0.3 is 10.1 Å². The van der Waals surface area contributed by atoms with Gasteiger partial charge in [0.25, 0.3) is 0 Å². The van der Waals surface area contributed by atoms with Crippen molar-refractivity contribution in [2.45, 2.75) is 13.3 Å². The molecule has 2 nitrogen and oxygen atoms in total. The highest BCUT2D eigenvalue weighted by Crippen LogP contribution is 2.31. The predicted molar refractivity (Wildman–Crippen MR) is 77.8 cm³/mol. The summed E-state index contributed by atoms with van der Waals surface area (Å²) in [4.78, 5) is 0. The second-order valence-corrected chi connectivity index (χ2v) is 5.23. The average Bonchev–Trinajstić information content (AvgIpc) is 2.25. The molecule has 16 heavy (non-hydrogen) atoms. The molecule has 0 aliphatic carbocycles. The minimum atomic E-state index is 0.564. The Bertz CT molecular complexity index is 347. The summed E-state index contributed by atoms with van der Waals surface area (Å²) in [5.74, 6) is 0.701. The molecule has 1 rings (SSSR count). The van der Waals surface area contributed by atoms with E-state index in [0.29, 0.717) is 22.4 Å². The van der Waals surface area contributed by atoms with E-state index in [9.17, 15) is 0 Å². The molecular formula is C11H14Cl2INO. The van der Waals surface area contributed by atoms with Crippen LogP contribution in [-0.2, 0) is 0 Å². The molecule has 0 saturated heterocycles. The molecule has 0 amide bonds. The molecular weight excluding hydrogens is 360 g/mol. The number of halogens is 3. The average molecular weight is 374 g/mol. The maximum absolute atomic E-state index is 6.01. The van der Waals surface area contributed by atoms with E-state index in [1.807, 2.05) is 6.07 Å². The van der Waals surface area contributed by atoms with Gasteiger partial charge in [-0.05, 0) is 54.2 Å². The third kappa shape index (κ3) is 4.65. The van der Waals surface area contributed by atoms with Gasteiger partial charge in [0, 0.05) is 3.57 Å². The standard InChI is InChI=1S/C11H14Cl2INO/c1-2-15-4-3-5-16-11-7-10(14)8(12)6-9(11)13/h6-7,15H,2-5H2,1H3. The number of hydrogen-bond acceptors (Lipinski definition) is 2. The predicted octanol–water partition coefficient (Wildman–Crippen LogP) is 3.98. The van der Waals surface area contributed by atoms with E-state index in [-0.39, 0.29) is 0 Å². The number of rotatable bonds is 6. The zero-order chi connectivity index (χ0) is 12.0. The van der Waals surface area contributed by atoms with Crippen molar-refractivity contribution >= 4 is 45.8 Å². The summed E-state index contributed by atoms with van der Waals surface area (Å²) in [5, 5.41) is 4.46. The number of nitrogens with one attached hydrogen (secondary N) is 1. The summed E-state index contributed by atoms with van der Waals surface area (Å²) < 4.78 is 6.53. The van der Waals surface area contributed by atoms with E-state index in [0.717, 1.165) is 23.1 Å². The first kappa shape index (κ1) is 14.4. The molecule has 5 heteroatoms. The highest BCUT2D eigenvalue weighted by atomic mass is 127. The highest BCUT2D eigenvalue weighted by Gasteiger charge is 2.06. The Morgan fingerprint density at radius 2 is 2.06 bits per heavy atom. The Morgan fingerprint density at radius 3 is 2.75 bits per heavy atom. The van der Waals surface area contributed by atoms with E-state index in [1.165, 1.54) is 0 Å². The second kappa shape index (κ2) is 7.58. The van der Waals surface area contributed by atoms with Crippen molar-refractivity contribution in [2.75, 3.05) is 19.7 Å². The molecule has 0 spiro atoms. The van der Waals surface area contributed by atoms with Crippen LogP contribution in [0.5, 0.6) is 5.75 Å². The van der Waals surface area contributed by atoms with Crippen molar-refractivity contribution in [1.82, 2.24) is 5.32 Å². The summed E-state index contributed by atoms with van der Waals surface area (Å²) in [7, 11) is 0. The first-order valence-corrected chi connectivity index (χ1v) is 6.96. The lowest BCUT2D eigenvalue weighted by molar-refractivity contribution is 0.308. The molecule has 1 aromatic carbocycles. The van der Waals surface area contributed by atoms with Gasteiger partial charge in [-0.3, -0.25) is 0 Å². The lowest BCUT2D eigenvalue weighted by Crippen LogP contribution is -2.16. The molecule has 1 aromatic rings. The lowest BCUT2D eigenvalue weighted by Gasteiger charge is -2.09. The maximum Gasteiger partial charge on any atom is 0.139 e. The summed E-state index contributed by atoms with van der Waals surface area (Å²) in [6.45, 7) is 4.68. The van der Waals surface area contributed by atoms with Crippen molar-refractivity contribution < 1.29 is 4.74 Å². The second-order valence-electron chi connectivity index (χ2n) is 3.25. The minimum Gasteiger partial charge on any atom is -0.492 e. The Kier molecular flexibility index (Phi) is 6.80. The molecule has 0 aliphatic rings. The van der Waals surface area contributed by atoms with Crippen molar-refractivity contribution in [2.24, 2.45) is 0 Å². The highest BCUT2D eigenvalue weighted by molar-refractivity contribution is 14.1. The van der Waals surface area contributed by atoms with E-state index >= 15 is 0 Å². The first-order valence-electron chi connectivity index (χ1n) is 5.13. The molecule has 90 valence electrons. The quantitative estimate of drug-likeness (QED) is 0.462. The molecule has 0 aromatic heterocycles. The van der Waals surface area contributed by atoms with E-state index in [4.69, 9.17) is 27.9 Å². The van der Waals surface area contributed by atoms with Crippen molar-refractivity contribution in [1.29, 1.82) is 0 Å². The fraction of sp³-hybridized carbons (Fsp3) is 0.455. The molecule has 0 aliphatic heterocycles. The molecule has 0 radical (unpaired) electrons. The maximum atomic E-state index is 6.01. The Labute approximate surface area is 120 Å². The fourth-order valence-electron chi connectivity index (χ4n) is 1.17. The molecule has 0 atom stereocenters. The van der Waals surface area contributed by atoms with E-state index < -0.39 is 0 Å². The minimum absolute atomic E-state index is 0.564. The lowest BCUT2D eigenvalue weighted by atomic mass is 10.3. The van der Waals surface area contributed by atoms with Crippen LogP contribution in [0.4, 0.5) is 0 Å². The zero-order valence-electron chi connectivity index (χ0n) is 9.03. The van der Waals surface area contributed by atoms with Crippen LogP contribution in [-0.4, -0.2) is 19.7 Å². The monoisotopic (exact) mass is 373 g/mol. The SMILES string of the molecule is CCNCCCOc1cc(I)c(Cl)cc1Cl. The van der Waals surface area contributed by atoms with Crippen LogP contribution in [0.3, 0.4) is 0 Å². The Balaban J connectivity index is 2.45. The van der Waals surface area contributed by atoms with Gasteiger partial charge in [-0.1, -0.05) is 30.1 Å². The third-order valence-electron chi connectivity index (χ3n) is 1.98. The van der Waals surface area contributed by atoms with Crippen LogP contribution in [0, 0.1) is 3.57 Å². The summed E-state index contributed by atoms with van der Waals surface area (Å²) in [6, 6.07) is 3.57. The molecule has 0 unspecified atom stereocenters. The van der Waals surface area contributed by atoms with Gasteiger partial charge in [-0.2, -0.15) is 0 Å². The van der Waals surface area contributed by atoms with Crippen LogP contribution in [0.2, 0.25) is 10.0 Å². The van der Waals surface area contributed by atoms with Gasteiger partial charge in [-0.15, -0.1) is 0 Å². The van der Waals surface area contributed by atoms with Crippen LogP contribution in [0.25, 0.3) is 0 Å². The van der Waals surface area contributed by atoms with Gasteiger partial charge in [0.1, 0.15) is 5.75 Å². The van der Waals surface area contributed by atoms with Crippen molar-refractivity contribution in [3.8, 4) is 5.75 Å². The molecule has 1 N–H and O–H groups in total. The Morgan fingerprint density at radius 1 is 1.31 bits per heavy atom. The zero-order valence-corrected chi connectivity index (χ0v) is 12.7. The molecule has 0 bridgehead atoms. The normalized spacial score (nSPS) is 10.5. The van der Waals surface area contributed by atoms with Crippen LogP contribution < -0.4 is 10.1 Å². The number of benzene rings is 1. The van der Waals surface area contributed by atoms with E-state index in [2.05, 4.69) is 34.8 Å². The largest absolute Gasteiger partial charge is 0.492 e. The summed E-state index contributed by atoms with van der Waals surface area (Å²) in [5.41, 5.74) is 0. The van der Waals surface area contributed by atoms with Crippen LogP contribution in [0.1, 0.15) is 13.3 Å². The Hall–Kier alpha value is 0.290. The first-order chi connectivity index (χ1) is 7.65. The summed E-state index contributed by atoms with van der Waals surface area (Å²) in [6.07, 6.45) is 0.962. The van der Waals surface area contributed by atoms with Gasteiger partial charge in [0.05, 0.1) is 16.7 Å². The summed E-state index contributed by atoms with van der Waals surface area (Å²) >= 11 is 14.1. The third-order valence-corrected chi connectivity index (χ3v) is 3.80. The smallest absolute Gasteiger partial charge is 0.139 e. The van der Waals surface area contributed by atoms with Gasteiger partial charge in [-0.25, -0.2) is 0 Å². The fourth-order valence-corrected chi connectivity index (χ4v) is 2.05. The van der Waals surface area contributed by atoms with Crippen LogP contribution in [0.15, 0.2) is 12.1 Å². The molecule has 0 fully saturated rings. The van der Waals surface area contributed by atoms with Gasteiger partial charge in [0.2, 0.25) is 0 Å². The number of hydrogen-bond donors (Lipinski definition) is 1.